The van der Waals surface area contributed by atoms with Gasteiger partial charge in [-0.1, -0.05) is 23.7 Å². The molecule has 3 aromatic rings. The Balaban J connectivity index is 1.76. The van der Waals surface area contributed by atoms with E-state index in [9.17, 15) is 4.79 Å². The van der Waals surface area contributed by atoms with E-state index in [1.54, 1.807) is 16.7 Å². The van der Waals surface area contributed by atoms with E-state index in [0.29, 0.717) is 28.3 Å². The normalized spacial score (nSPS) is 15.5. The van der Waals surface area contributed by atoms with Crippen molar-refractivity contribution in [3.63, 3.8) is 0 Å². The van der Waals surface area contributed by atoms with Crippen molar-refractivity contribution < 1.29 is 0 Å². The van der Waals surface area contributed by atoms with Crippen molar-refractivity contribution in [3.05, 3.63) is 69.7 Å². The number of fused-ring (bicyclic) bond motifs is 2. The summed E-state index contributed by atoms with van der Waals surface area (Å²) in [5, 5.41) is 5.80. The monoisotopic (exact) mass is 338 g/mol. The number of anilines is 1. The lowest BCUT2D eigenvalue weighted by Crippen LogP contribution is -2.32. The van der Waals surface area contributed by atoms with Crippen LogP contribution in [-0.2, 0) is 6.54 Å². The van der Waals surface area contributed by atoms with Gasteiger partial charge in [-0.2, -0.15) is 5.10 Å². The summed E-state index contributed by atoms with van der Waals surface area (Å²) >= 11 is 5.89. The Morgan fingerprint density at radius 2 is 1.92 bits per heavy atom. The molecular weight excluding hydrogens is 324 g/mol. The van der Waals surface area contributed by atoms with Gasteiger partial charge in [-0.3, -0.25) is 14.8 Å². The fourth-order valence-electron chi connectivity index (χ4n) is 2.87. The second-order valence-corrected chi connectivity index (χ2v) is 6.13. The van der Waals surface area contributed by atoms with Crippen LogP contribution >= 0.6 is 11.6 Å². The molecule has 0 amide bonds. The SMILES string of the molecule is O=c1c2ccccc2nc2n1CCC/C2=N\Nc1ccc(Cl)cc1. The van der Waals surface area contributed by atoms with Gasteiger partial charge in [0.1, 0.15) is 5.71 Å². The molecule has 0 aliphatic carbocycles. The van der Waals surface area contributed by atoms with Crippen molar-refractivity contribution in [1.82, 2.24) is 9.55 Å². The summed E-state index contributed by atoms with van der Waals surface area (Å²) in [4.78, 5) is 17.3. The van der Waals surface area contributed by atoms with Gasteiger partial charge in [0.15, 0.2) is 5.82 Å². The third kappa shape index (κ3) is 2.67. The molecule has 0 saturated heterocycles. The number of nitrogens with zero attached hydrogens (tertiary/aromatic N) is 3. The Labute approximate surface area is 143 Å². The van der Waals surface area contributed by atoms with E-state index in [1.165, 1.54) is 0 Å². The first-order valence-electron chi connectivity index (χ1n) is 7.80. The van der Waals surface area contributed by atoms with Crippen LogP contribution in [0.15, 0.2) is 58.4 Å². The van der Waals surface area contributed by atoms with Crippen LogP contribution in [0.3, 0.4) is 0 Å². The van der Waals surface area contributed by atoms with Gasteiger partial charge in [0.25, 0.3) is 5.56 Å². The second kappa shape index (κ2) is 6.09. The third-order valence-electron chi connectivity index (χ3n) is 4.08. The Morgan fingerprint density at radius 3 is 2.75 bits per heavy atom. The minimum absolute atomic E-state index is 0.00510. The number of para-hydroxylation sites is 1. The van der Waals surface area contributed by atoms with Gasteiger partial charge in [-0.05, 0) is 49.2 Å². The molecule has 0 bridgehead atoms. The average Bonchev–Trinajstić information content (AvgIpc) is 2.62. The Kier molecular flexibility index (Phi) is 3.78. The Morgan fingerprint density at radius 1 is 1.12 bits per heavy atom. The molecular formula is C18H15ClN4O. The molecule has 2 heterocycles. The van der Waals surface area contributed by atoms with Crippen molar-refractivity contribution in [2.24, 2.45) is 5.10 Å². The lowest BCUT2D eigenvalue weighted by Gasteiger charge is -2.19. The van der Waals surface area contributed by atoms with Gasteiger partial charge in [-0.15, -0.1) is 0 Å². The zero-order valence-electron chi connectivity index (χ0n) is 12.9. The van der Waals surface area contributed by atoms with Gasteiger partial charge in [0.2, 0.25) is 0 Å². The molecule has 1 N–H and O–H groups in total. The van der Waals surface area contributed by atoms with Crippen LogP contribution in [0.4, 0.5) is 5.69 Å². The standard InChI is InChI=1S/C18H15ClN4O/c19-12-7-9-13(10-8-12)21-22-16-6-3-11-23-17(16)20-15-5-2-1-4-14(15)18(23)24/h1-2,4-5,7-10,21H,3,6,11H2/b22-16+. The Bertz CT molecular complexity index is 992. The predicted molar refractivity (Wildman–Crippen MR) is 96.8 cm³/mol. The molecule has 0 fully saturated rings. The Hall–Kier alpha value is -2.66. The first kappa shape index (κ1) is 14.9. The molecule has 0 atom stereocenters. The van der Waals surface area contributed by atoms with Crippen LogP contribution in [0, 0.1) is 0 Å². The smallest absolute Gasteiger partial charge is 0.261 e. The molecule has 0 radical (unpaired) electrons. The number of aromatic nitrogens is 2. The fraction of sp³-hybridized carbons (Fsp3) is 0.167. The van der Waals surface area contributed by atoms with Crippen LogP contribution in [0.5, 0.6) is 0 Å². The van der Waals surface area contributed by atoms with Gasteiger partial charge >= 0.3 is 0 Å². The lowest BCUT2D eigenvalue weighted by molar-refractivity contribution is 0.597. The summed E-state index contributed by atoms with van der Waals surface area (Å²) in [6.07, 6.45) is 1.65. The maximum atomic E-state index is 12.7. The minimum atomic E-state index is -0.00510. The molecule has 2 aromatic carbocycles. The number of hydrazone groups is 1. The zero-order valence-corrected chi connectivity index (χ0v) is 13.6. The van der Waals surface area contributed by atoms with E-state index < -0.39 is 0 Å². The molecule has 6 heteroatoms. The summed E-state index contributed by atoms with van der Waals surface area (Å²) in [5.41, 5.74) is 5.35. The number of benzene rings is 2. The molecule has 0 unspecified atom stereocenters. The fourth-order valence-corrected chi connectivity index (χ4v) is 3.00. The molecule has 1 aliphatic rings. The van der Waals surface area contributed by atoms with E-state index in [-0.39, 0.29) is 5.56 Å². The highest BCUT2D eigenvalue weighted by Gasteiger charge is 2.20. The summed E-state index contributed by atoms with van der Waals surface area (Å²) in [5.74, 6) is 0.645. The van der Waals surface area contributed by atoms with Gasteiger partial charge in [0.05, 0.1) is 16.6 Å². The van der Waals surface area contributed by atoms with Crippen LogP contribution < -0.4 is 11.0 Å². The lowest BCUT2D eigenvalue weighted by atomic mass is 10.1. The van der Waals surface area contributed by atoms with Crippen molar-refractivity contribution in [2.45, 2.75) is 19.4 Å². The van der Waals surface area contributed by atoms with Gasteiger partial charge in [-0.25, -0.2) is 4.98 Å². The minimum Gasteiger partial charge on any atom is -0.291 e. The zero-order chi connectivity index (χ0) is 16.5. The quantitative estimate of drug-likeness (QED) is 0.725. The number of hydrogen-bond acceptors (Lipinski definition) is 4. The van der Waals surface area contributed by atoms with Crippen molar-refractivity contribution >= 4 is 33.9 Å². The van der Waals surface area contributed by atoms with E-state index in [2.05, 4.69) is 15.5 Å². The van der Waals surface area contributed by atoms with Gasteiger partial charge < -0.3 is 0 Å². The highest BCUT2D eigenvalue weighted by atomic mass is 35.5. The molecule has 0 saturated carbocycles. The summed E-state index contributed by atoms with van der Waals surface area (Å²) in [6, 6.07) is 14.7. The number of rotatable bonds is 2. The molecule has 5 nitrogen and oxygen atoms in total. The van der Waals surface area contributed by atoms with Crippen LogP contribution in [0.1, 0.15) is 18.7 Å². The topological polar surface area (TPSA) is 59.3 Å². The summed E-state index contributed by atoms with van der Waals surface area (Å²) in [7, 11) is 0. The highest BCUT2D eigenvalue weighted by Crippen LogP contribution is 2.17. The largest absolute Gasteiger partial charge is 0.291 e. The molecule has 24 heavy (non-hydrogen) atoms. The van der Waals surface area contributed by atoms with Crippen LogP contribution in [0.2, 0.25) is 5.02 Å². The molecule has 1 aromatic heterocycles. The average molecular weight is 339 g/mol. The molecule has 4 rings (SSSR count). The molecule has 1 aliphatic heterocycles. The number of hydrogen-bond donors (Lipinski definition) is 1. The van der Waals surface area contributed by atoms with Crippen molar-refractivity contribution in [1.29, 1.82) is 0 Å². The van der Waals surface area contributed by atoms with Crippen LogP contribution in [0.25, 0.3) is 10.9 Å². The first-order chi connectivity index (χ1) is 11.7. The predicted octanol–water partition coefficient (Wildman–Crippen LogP) is 3.66. The van der Waals surface area contributed by atoms with Crippen molar-refractivity contribution in [2.75, 3.05) is 5.43 Å². The van der Waals surface area contributed by atoms with E-state index in [1.807, 2.05) is 36.4 Å². The van der Waals surface area contributed by atoms with Gasteiger partial charge in [0, 0.05) is 11.6 Å². The maximum Gasteiger partial charge on any atom is 0.261 e. The number of halogens is 1. The summed E-state index contributed by atoms with van der Waals surface area (Å²) < 4.78 is 1.72. The number of nitrogens with one attached hydrogen (secondary N) is 1. The maximum absolute atomic E-state index is 12.7. The highest BCUT2D eigenvalue weighted by molar-refractivity contribution is 6.30. The van der Waals surface area contributed by atoms with E-state index >= 15 is 0 Å². The van der Waals surface area contributed by atoms with Crippen LogP contribution in [-0.4, -0.2) is 15.3 Å². The first-order valence-corrected chi connectivity index (χ1v) is 8.18. The van der Waals surface area contributed by atoms with E-state index in [4.69, 9.17) is 11.6 Å². The summed E-state index contributed by atoms with van der Waals surface area (Å²) in [6.45, 7) is 0.673. The second-order valence-electron chi connectivity index (χ2n) is 5.69. The molecule has 0 spiro atoms. The van der Waals surface area contributed by atoms with Crippen molar-refractivity contribution in [3.8, 4) is 0 Å². The third-order valence-corrected chi connectivity index (χ3v) is 4.33. The molecule has 120 valence electrons. The van der Waals surface area contributed by atoms with E-state index in [0.717, 1.165) is 24.2 Å².